The Bertz CT molecular complexity index is 411. The summed E-state index contributed by atoms with van der Waals surface area (Å²) in [6, 6.07) is 7.49. The van der Waals surface area contributed by atoms with Crippen molar-refractivity contribution >= 4 is 23.2 Å². The summed E-state index contributed by atoms with van der Waals surface area (Å²) in [5, 5.41) is 11.1. The molecule has 0 amide bonds. The fourth-order valence-corrected chi connectivity index (χ4v) is 2.78. The van der Waals surface area contributed by atoms with Crippen LogP contribution < -0.4 is 0 Å². The Kier molecular flexibility index (Phi) is 5.71. The summed E-state index contributed by atoms with van der Waals surface area (Å²) < 4.78 is 0. The number of likely N-dealkylation sites (tertiary alicyclic amines) is 1. The first-order chi connectivity index (χ1) is 9.20. The highest BCUT2D eigenvalue weighted by Crippen LogP contribution is 2.31. The van der Waals surface area contributed by atoms with Gasteiger partial charge in [0, 0.05) is 17.1 Å². The first-order valence-corrected chi connectivity index (χ1v) is 7.43. The molecule has 1 aliphatic rings. The molecule has 4 heteroatoms. The van der Waals surface area contributed by atoms with Crippen molar-refractivity contribution in [2.24, 2.45) is 5.92 Å². The van der Waals surface area contributed by atoms with Crippen molar-refractivity contribution in [3.05, 3.63) is 46.5 Å². The summed E-state index contributed by atoms with van der Waals surface area (Å²) in [6.07, 6.45) is 3.60. The molecule has 1 unspecified atom stereocenters. The fraction of sp³-hybridized carbons (Fsp3) is 0.467. The Hall–Kier alpha value is -0.540. The molecule has 1 aromatic rings. The van der Waals surface area contributed by atoms with E-state index in [1.54, 1.807) is 5.54 Å². The maximum atomic E-state index is 10.4. The van der Waals surface area contributed by atoms with Gasteiger partial charge in [-0.15, -0.1) is 0 Å². The molecule has 2 rings (SSSR count). The minimum absolute atomic E-state index is 0.331. The van der Waals surface area contributed by atoms with Crippen LogP contribution in [0.2, 0.25) is 5.02 Å². The molecule has 0 spiro atoms. The van der Waals surface area contributed by atoms with Crippen molar-refractivity contribution in [3.63, 3.8) is 0 Å². The van der Waals surface area contributed by atoms with Crippen LogP contribution >= 0.6 is 23.2 Å². The monoisotopic (exact) mass is 299 g/mol. The normalized spacial score (nSPS) is 19.9. The van der Waals surface area contributed by atoms with Gasteiger partial charge in [0.25, 0.3) is 0 Å². The number of hydrogen-bond donors (Lipinski definition) is 1. The molecule has 104 valence electrons. The van der Waals surface area contributed by atoms with E-state index in [0.717, 1.165) is 38.0 Å². The lowest BCUT2D eigenvalue weighted by Gasteiger charge is -2.33. The predicted octanol–water partition coefficient (Wildman–Crippen LogP) is 3.84. The van der Waals surface area contributed by atoms with Crippen molar-refractivity contribution in [1.82, 2.24) is 4.90 Å². The molecule has 0 saturated carbocycles. The van der Waals surface area contributed by atoms with Crippen LogP contribution in [0.4, 0.5) is 0 Å². The van der Waals surface area contributed by atoms with Gasteiger partial charge in [-0.25, -0.2) is 0 Å². The quantitative estimate of drug-likeness (QED) is 0.913. The number of piperidine rings is 1. The number of aliphatic hydroxyl groups excluding tert-OH is 1. The predicted molar refractivity (Wildman–Crippen MR) is 80.6 cm³/mol. The van der Waals surface area contributed by atoms with Gasteiger partial charge in [0.05, 0.1) is 6.10 Å². The number of halogens is 2. The maximum absolute atomic E-state index is 10.4. The lowest BCUT2D eigenvalue weighted by molar-refractivity contribution is 0.0621. The molecule has 0 aromatic heterocycles. The van der Waals surface area contributed by atoms with E-state index in [4.69, 9.17) is 23.2 Å². The third kappa shape index (κ3) is 4.22. The zero-order valence-corrected chi connectivity index (χ0v) is 12.3. The Balaban J connectivity index is 1.88. The summed E-state index contributed by atoms with van der Waals surface area (Å²) in [6.45, 7) is 2.92. The van der Waals surface area contributed by atoms with E-state index in [-0.39, 0.29) is 6.10 Å². The lowest BCUT2D eigenvalue weighted by atomic mass is 9.87. The van der Waals surface area contributed by atoms with Gasteiger partial charge in [0.2, 0.25) is 0 Å². The minimum Gasteiger partial charge on any atom is -0.388 e. The molecule has 2 nitrogen and oxygen atoms in total. The van der Waals surface area contributed by atoms with Crippen LogP contribution in [0, 0.1) is 5.92 Å². The highest BCUT2D eigenvalue weighted by atomic mass is 35.5. The van der Waals surface area contributed by atoms with Gasteiger partial charge in [-0.05, 0) is 49.5 Å². The van der Waals surface area contributed by atoms with Crippen LogP contribution in [0.15, 0.2) is 35.9 Å². The number of rotatable bonds is 4. The van der Waals surface area contributed by atoms with Crippen molar-refractivity contribution in [2.45, 2.75) is 18.9 Å². The molecule has 1 aliphatic heterocycles. The Morgan fingerprint density at radius 3 is 2.47 bits per heavy atom. The molecule has 1 atom stereocenters. The van der Waals surface area contributed by atoms with Crippen LogP contribution in [0.1, 0.15) is 24.5 Å². The summed E-state index contributed by atoms with van der Waals surface area (Å²) in [7, 11) is 0. The molecule has 0 aliphatic carbocycles. The van der Waals surface area contributed by atoms with Gasteiger partial charge < -0.3 is 5.11 Å². The molecule has 1 fully saturated rings. The van der Waals surface area contributed by atoms with E-state index in [0.29, 0.717) is 10.9 Å². The van der Waals surface area contributed by atoms with Crippen molar-refractivity contribution in [2.75, 3.05) is 19.6 Å². The van der Waals surface area contributed by atoms with Gasteiger partial charge in [-0.2, -0.15) is 0 Å². The number of aliphatic hydroxyl groups is 1. The molecule has 1 aromatic carbocycles. The molecule has 1 N–H and O–H groups in total. The largest absolute Gasteiger partial charge is 0.388 e. The SMILES string of the molecule is OC(c1ccc(Cl)cc1)C1CCN(CC=CCl)CC1. The van der Waals surface area contributed by atoms with E-state index in [1.165, 1.54) is 0 Å². The van der Waals surface area contributed by atoms with Crippen LogP contribution in [-0.2, 0) is 0 Å². The summed E-state index contributed by atoms with van der Waals surface area (Å²) in [5.41, 5.74) is 2.53. The fourth-order valence-electron chi connectivity index (χ4n) is 2.57. The number of nitrogens with zero attached hydrogens (tertiary/aromatic N) is 1. The second-order valence-electron chi connectivity index (χ2n) is 5.00. The molecule has 1 heterocycles. The standard InChI is InChI=1S/C15H19Cl2NO/c16-8-1-9-18-10-6-13(7-11-18)15(19)12-2-4-14(17)5-3-12/h1-5,8,13,15,19H,6-7,9-11H2. The average molecular weight is 300 g/mol. The summed E-state index contributed by atoms with van der Waals surface area (Å²) in [4.78, 5) is 2.35. The van der Waals surface area contributed by atoms with Gasteiger partial charge >= 0.3 is 0 Å². The summed E-state index contributed by atoms with van der Waals surface area (Å²) >= 11 is 11.4. The Morgan fingerprint density at radius 2 is 1.89 bits per heavy atom. The summed E-state index contributed by atoms with van der Waals surface area (Å²) in [5.74, 6) is 0.331. The van der Waals surface area contributed by atoms with Crippen molar-refractivity contribution < 1.29 is 5.11 Å². The van der Waals surface area contributed by atoms with E-state index in [9.17, 15) is 5.11 Å². The molecular weight excluding hydrogens is 281 g/mol. The molecule has 0 radical (unpaired) electrons. The zero-order valence-electron chi connectivity index (χ0n) is 10.8. The molecule has 19 heavy (non-hydrogen) atoms. The Labute approximate surface area is 124 Å². The van der Waals surface area contributed by atoms with Crippen LogP contribution in [0.3, 0.4) is 0 Å². The van der Waals surface area contributed by atoms with E-state index < -0.39 is 0 Å². The molecular formula is C15H19Cl2NO. The highest BCUT2D eigenvalue weighted by molar-refractivity contribution is 6.30. The second kappa shape index (κ2) is 7.30. The van der Waals surface area contributed by atoms with E-state index >= 15 is 0 Å². The van der Waals surface area contributed by atoms with Crippen LogP contribution in [0.25, 0.3) is 0 Å². The van der Waals surface area contributed by atoms with Crippen LogP contribution in [0.5, 0.6) is 0 Å². The average Bonchev–Trinajstić information content (AvgIpc) is 2.46. The van der Waals surface area contributed by atoms with Gasteiger partial charge in [-0.3, -0.25) is 4.90 Å². The number of benzene rings is 1. The van der Waals surface area contributed by atoms with Gasteiger partial charge in [0.15, 0.2) is 0 Å². The first kappa shape index (κ1) is 14.9. The molecule has 1 saturated heterocycles. The third-order valence-corrected chi connectivity index (χ3v) is 4.17. The smallest absolute Gasteiger partial charge is 0.0819 e. The first-order valence-electron chi connectivity index (χ1n) is 6.62. The second-order valence-corrected chi connectivity index (χ2v) is 5.68. The Morgan fingerprint density at radius 1 is 1.26 bits per heavy atom. The highest BCUT2D eigenvalue weighted by Gasteiger charge is 2.25. The number of hydrogen-bond acceptors (Lipinski definition) is 2. The maximum Gasteiger partial charge on any atom is 0.0819 e. The van der Waals surface area contributed by atoms with Gasteiger partial charge in [-0.1, -0.05) is 41.4 Å². The van der Waals surface area contributed by atoms with Crippen molar-refractivity contribution in [1.29, 1.82) is 0 Å². The minimum atomic E-state index is -0.386. The van der Waals surface area contributed by atoms with Gasteiger partial charge in [0.1, 0.15) is 0 Å². The third-order valence-electron chi connectivity index (χ3n) is 3.74. The van der Waals surface area contributed by atoms with E-state index in [1.807, 2.05) is 30.3 Å². The van der Waals surface area contributed by atoms with Crippen molar-refractivity contribution in [3.8, 4) is 0 Å². The van der Waals surface area contributed by atoms with Crippen LogP contribution in [-0.4, -0.2) is 29.6 Å². The molecule has 0 bridgehead atoms. The zero-order chi connectivity index (χ0) is 13.7. The topological polar surface area (TPSA) is 23.5 Å². The lowest BCUT2D eigenvalue weighted by Crippen LogP contribution is -2.35. The van der Waals surface area contributed by atoms with E-state index in [2.05, 4.69) is 4.90 Å².